The summed E-state index contributed by atoms with van der Waals surface area (Å²) in [5.74, 6) is 0.308. The zero-order chi connectivity index (χ0) is 19.2. The zero-order valence-corrected chi connectivity index (χ0v) is 15.1. The van der Waals surface area contributed by atoms with Crippen molar-refractivity contribution in [3.05, 3.63) is 78.5 Å². The highest BCUT2D eigenvalue weighted by molar-refractivity contribution is 6.04. The Hall–Kier alpha value is -3.67. The van der Waals surface area contributed by atoms with Gasteiger partial charge < -0.3 is 15.5 Å². The fourth-order valence-corrected chi connectivity index (χ4v) is 2.58. The number of nitrogens with zero attached hydrogens (tertiary/aromatic N) is 2. The molecular weight excluding hydrogens is 340 g/mol. The van der Waals surface area contributed by atoms with Gasteiger partial charge in [0.1, 0.15) is 5.82 Å². The highest BCUT2D eigenvalue weighted by Gasteiger charge is 2.10. The van der Waals surface area contributed by atoms with Gasteiger partial charge in [0, 0.05) is 37.2 Å². The molecule has 0 radical (unpaired) electrons. The number of hydrogen-bond acceptors (Lipinski definition) is 4. The van der Waals surface area contributed by atoms with Crippen molar-refractivity contribution in [1.29, 1.82) is 0 Å². The Morgan fingerprint density at radius 2 is 1.59 bits per heavy atom. The molecule has 0 fully saturated rings. The van der Waals surface area contributed by atoms with Crippen LogP contribution in [0.4, 0.5) is 22.9 Å². The SMILES string of the molecule is CC(=O)Nc1cccc(NC(=O)c2ccc(N(C)c3ccccc3)nc2)c1. The molecule has 2 amide bonds. The van der Waals surface area contributed by atoms with E-state index in [1.807, 2.05) is 42.3 Å². The quantitative estimate of drug-likeness (QED) is 0.719. The third-order valence-electron chi connectivity index (χ3n) is 3.94. The lowest BCUT2D eigenvalue weighted by Crippen LogP contribution is -2.15. The molecule has 0 aliphatic carbocycles. The number of carbonyl (C=O) groups excluding carboxylic acids is 2. The van der Waals surface area contributed by atoms with Crippen LogP contribution in [0.25, 0.3) is 0 Å². The van der Waals surface area contributed by atoms with Gasteiger partial charge in [0.15, 0.2) is 0 Å². The Kier molecular flexibility index (Phi) is 5.47. The highest BCUT2D eigenvalue weighted by atomic mass is 16.2. The van der Waals surface area contributed by atoms with Crippen molar-refractivity contribution >= 4 is 34.7 Å². The van der Waals surface area contributed by atoms with Crippen LogP contribution in [0.15, 0.2) is 72.9 Å². The standard InChI is InChI=1S/C21H20N4O2/c1-15(26)23-17-7-6-8-18(13-17)24-21(27)16-11-12-20(22-14-16)25(2)19-9-4-3-5-10-19/h3-14H,1-2H3,(H,23,26)(H,24,27). The van der Waals surface area contributed by atoms with Gasteiger partial charge in [-0.3, -0.25) is 9.59 Å². The fraction of sp³-hybridized carbons (Fsp3) is 0.0952. The first-order valence-electron chi connectivity index (χ1n) is 8.47. The lowest BCUT2D eigenvalue weighted by atomic mass is 10.2. The zero-order valence-electron chi connectivity index (χ0n) is 15.1. The summed E-state index contributed by atoms with van der Waals surface area (Å²) in [4.78, 5) is 29.9. The van der Waals surface area contributed by atoms with E-state index in [1.54, 1.807) is 42.6 Å². The van der Waals surface area contributed by atoms with Crippen LogP contribution < -0.4 is 15.5 Å². The van der Waals surface area contributed by atoms with Crippen LogP contribution in [0.1, 0.15) is 17.3 Å². The van der Waals surface area contributed by atoms with E-state index < -0.39 is 0 Å². The number of hydrogen-bond donors (Lipinski definition) is 2. The topological polar surface area (TPSA) is 74.3 Å². The van der Waals surface area contributed by atoms with Crippen molar-refractivity contribution in [3.8, 4) is 0 Å². The minimum Gasteiger partial charge on any atom is -0.329 e. The summed E-state index contributed by atoms with van der Waals surface area (Å²) >= 11 is 0. The van der Waals surface area contributed by atoms with Crippen LogP contribution in [0.3, 0.4) is 0 Å². The second-order valence-electron chi connectivity index (χ2n) is 6.02. The Morgan fingerprint density at radius 3 is 2.22 bits per heavy atom. The van der Waals surface area contributed by atoms with Crippen LogP contribution in [-0.4, -0.2) is 23.8 Å². The molecule has 0 aliphatic heterocycles. The molecule has 0 saturated heterocycles. The number of pyridine rings is 1. The van der Waals surface area contributed by atoms with Crippen molar-refractivity contribution in [2.75, 3.05) is 22.6 Å². The minimum absolute atomic E-state index is 0.166. The molecule has 0 atom stereocenters. The second-order valence-corrected chi connectivity index (χ2v) is 6.02. The number of benzene rings is 2. The molecule has 27 heavy (non-hydrogen) atoms. The summed E-state index contributed by atoms with van der Waals surface area (Å²) in [5.41, 5.74) is 2.68. The molecule has 3 aromatic rings. The van der Waals surface area contributed by atoms with Crippen molar-refractivity contribution < 1.29 is 9.59 Å². The van der Waals surface area contributed by atoms with Crippen molar-refractivity contribution in [2.24, 2.45) is 0 Å². The van der Waals surface area contributed by atoms with Crippen LogP contribution in [-0.2, 0) is 4.79 Å². The predicted octanol–water partition coefficient (Wildman–Crippen LogP) is 4.06. The third kappa shape index (κ3) is 4.70. The van der Waals surface area contributed by atoms with Gasteiger partial charge in [-0.2, -0.15) is 0 Å². The lowest BCUT2D eigenvalue weighted by molar-refractivity contribution is -0.114. The number of aromatic nitrogens is 1. The number of anilines is 4. The fourth-order valence-electron chi connectivity index (χ4n) is 2.58. The van der Waals surface area contributed by atoms with E-state index in [9.17, 15) is 9.59 Å². The summed E-state index contributed by atoms with van der Waals surface area (Å²) in [6, 6.07) is 20.4. The molecule has 0 saturated carbocycles. The summed E-state index contributed by atoms with van der Waals surface area (Å²) in [6.45, 7) is 1.44. The third-order valence-corrected chi connectivity index (χ3v) is 3.94. The maximum Gasteiger partial charge on any atom is 0.257 e. The van der Waals surface area contributed by atoms with Crippen LogP contribution >= 0.6 is 0 Å². The van der Waals surface area contributed by atoms with E-state index in [2.05, 4.69) is 15.6 Å². The highest BCUT2D eigenvalue weighted by Crippen LogP contribution is 2.21. The summed E-state index contributed by atoms with van der Waals surface area (Å²) in [6.07, 6.45) is 1.54. The van der Waals surface area contributed by atoms with Crippen LogP contribution in [0.2, 0.25) is 0 Å². The molecule has 1 heterocycles. The van der Waals surface area contributed by atoms with Gasteiger partial charge in [-0.15, -0.1) is 0 Å². The average molecular weight is 360 g/mol. The van der Waals surface area contributed by atoms with Gasteiger partial charge >= 0.3 is 0 Å². The molecule has 0 aliphatic rings. The van der Waals surface area contributed by atoms with E-state index in [0.717, 1.165) is 11.5 Å². The molecule has 1 aromatic heterocycles. The summed E-state index contributed by atoms with van der Waals surface area (Å²) in [5, 5.41) is 5.49. The van der Waals surface area contributed by atoms with Gasteiger partial charge in [0.05, 0.1) is 5.56 Å². The van der Waals surface area contributed by atoms with Crippen LogP contribution in [0.5, 0.6) is 0 Å². The molecule has 2 N–H and O–H groups in total. The summed E-state index contributed by atoms with van der Waals surface area (Å²) in [7, 11) is 1.92. The van der Waals surface area contributed by atoms with Gasteiger partial charge in [-0.25, -0.2) is 4.98 Å². The smallest absolute Gasteiger partial charge is 0.257 e. The number of amides is 2. The molecule has 136 valence electrons. The van der Waals surface area contributed by atoms with Crippen molar-refractivity contribution in [3.63, 3.8) is 0 Å². The molecule has 3 rings (SSSR count). The van der Waals surface area contributed by atoms with Gasteiger partial charge in [-0.1, -0.05) is 24.3 Å². The molecule has 2 aromatic carbocycles. The molecule has 0 bridgehead atoms. The van der Waals surface area contributed by atoms with E-state index in [4.69, 9.17) is 0 Å². The number of nitrogens with one attached hydrogen (secondary N) is 2. The first-order valence-corrected chi connectivity index (χ1v) is 8.47. The Morgan fingerprint density at radius 1 is 0.889 bits per heavy atom. The van der Waals surface area contributed by atoms with E-state index >= 15 is 0 Å². The first-order chi connectivity index (χ1) is 13.0. The Bertz CT molecular complexity index is 940. The molecule has 0 unspecified atom stereocenters. The van der Waals surface area contributed by atoms with Crippen molar-refractivity contribution in [1.82, 2.24) is 4.98 Å². The van der Waals surface area contributed by atoms with Crippen LogP contribution in [0, 0.1) is 0 Å². The number of carbonyl (C=O) groups is 2. The van der Waals surface area contributed by atoms with Crippen molar-refractivity contribution in [2.45, 2.75) is 6.92 Å². The van der Waals surface area contributed by atoms with Gasteiger partial charge in [-0.05, 0) is 42.5 Å². The van der Waals surface area contributed by atoms with E-state index in [1.165, 1.54) is 6.92 Å². The van der Waals surface area contributed by atoms with Gasteiger partial charge in [0.2, 0.25) is 5.91 Å². The predicted molar refractivity (Wildman–Crippen MR) is 107 cm³/mol. The second kappa shape index (κ2) is 8.14. The van der Waals surface area contributed by atoms with Gasteiger partial charge in [0.25, 0.3) is 5.91 Å². The number of para-hydroxylation sites is 1. The summed E-state index contributed by atoms with van der Waals surface area (Å²) < 4.78 is 0. The maximum atomic E-state index is 12.4. The molecule has 0 spiro atoms. The molecule has 6 heteroatoms. The normalized spacial score (nSPS) is 10.1. The van der Waals surface area contributed by atoms with E-state index in [0.29, 0.717) is 16.9 Å². The molecular formula is C21H20N4O2. The Labute approximate surface area is 157 Å². The largest absolute Gasteiger partial charge is 0.329 e. The monoisotopic (exact) mass is 360 g/mol. The first kappa shape index (κ1) is 18.1. The Balaban J connectivity index is 1.70. The maximum absolute atomic E-state index is 12.4. The molecule has 6 nitrogen and oxygen atoms in total. The lowest BCUT2D eigenvalue weighted by Gasteiger charge is -2.18. The van der Waals surface area contributed by atoms with E-state index in [-0.39, 0.29) is 11.8 Å². The number of rotatable bonds is 5. The average Bonchev–Trinajstić information content (AvgIpc) is 2.68. The minimum atomic E-state index is -0.267.